The van der Waals surface area contributed by atoms with Gasteiger partial charge in [0, 0.05) is 24.2 Å². The minimum absolute atomic E-state index is 0. The smallest absolute Gasteiger partial charge is 0.406 e. The Hall–Kier alpha value is -1.60. The van der Waals surface area contributed by atoms with Gasteiger partial charge in [-0.05, 0) is 63.0 Å². The molecule has 1 saturated heterocycles. The molecule has 3 rings (SSSR count). The lowest BCUT2D eigenvalue weighted by atomic mass is 9.97. The fraction of sp³-hybridized carbons (Fsp3) is 0.474. The molecule has 1 fully saturated rings. The quantitative estimate of drug-likeness (QED) is 0.310. The van der Waals surface area contributed by atoms with E-state index < -0.39 is 6.36 Å². The average molecular weight is 555 g/mol. The number of aromatic nitrogens is 1. The molecule has 6 nitrogen and oxygen atoms in total. The van der Waals surface area contributed by atoms with Crippen LogP contribution in [0.5, 0.6) is 5.75 Å². The molecular formula is C19H25F3IN5OS. The van der Waals surface area contributed by atoms with Crippen molar-refractivity contribution in [3.8, 4) is 5.75 Å². The number of hydrogen-bond acceptors (Lipinski definition) is 5. The zero-order chi connectivity index (χ0) is 20.9. The third kappa shape index (κ3) is 8.26. The summed E-state index contributed by atoms with van der Waals surface area (Å²) >= 11 is 1.68. The number of aryl methyl sites for hydroxylation is 1. The Morgan fingerprint density at radius 3 is 2.53 bits per heavy atom. The van der Waals surface area contributed by atoms with Crippen molar-refractivity contribution in [1.29, 1.82) is 0 Å². The number of aliphatic imine (C=N–C) groups is 1. The van der Waals surface area contributed by atoms with Gasteiger partial charge in [-0.15, -0.1) is 48.5 Å². The Morgan fingerprint density at radius 2 is 1.97 bits per heavy atom. The summed E-state index contributed by atoms with van der Waals surface area (Å²) in [5, 5.41) is 6.09. The van der Waals surface area contributed by atoms with E-state index >= 15 is 0 Å². The van der Waals surface area contributed by atoms with Crippen LogP contribution in [-0.2, 0) is 6.54 Å². The standard InChI is InChI=1S/C19H24F3N5OS.HI/c1-13-25-16(12-29-13)11-27-8-6-14(7-9-27)10-24-18(23)26-15-2-4-17(5-3-15)28-19(20,21)22;/h2-5,12,14H,6-11H2,1H3,(H3,23,24,26);1H. The maximum atomic E-state index is 12.2. The van der Waals surface area contributed by atoms with Crippen molar-refractivity contribution in [2.24, 2.45) is 16.6 Å². The van der Waals surface area contributed by atoms with Crippen molar-refractivity contribution in [3.63, 3.8) is 0 Å². The van der Waals surface area contributed by atoms with Crippen molar-refractivity contribution >= 4 is 47.0 Å². The average Bonchev–Trinajstić information content (AvgIpc) is 3.06. The number of nitrogens with two attached hydrogens (primary N) is 1. The SMILES string of the molecule is Cc1nc(CN2CCC(CN=C(N)Nc3ccc(OC(F)(F)F)cc3)CC2)cs1.I. The largest absolute Gasteiger partial charge is 0.573 e. The van der Waals surface area contributed by atoms with E-state index in [1.54, 1.807) is 11.3 Å². The predicted molar refractivity (Wildman–Crippen MR) is 124 cm³/mol. The minimum atomic E-state index is -4.70. The Balaban J connectivity index is 0.00000320. The van der Waals surface area contributed by atoms with Crippen LogP contribution in [-0.4, -0.2) is 41.8 Å². The Morgan fingerprint density at radius 1 is 1.30 bits per heavy atom. The number of nitrogens with zero attached hydrogens (tertiary/aromatic N) is 3. The number of nitrogens with one attached hydrogen (secondary N) is 1. The van der Waals surface area contributed by atoms with Gasteiger partial charge in [-0.25, -0.2) is 4.98 Å². The highest BCUT2D eigenvalue weighted by Gasteiger charge is 2.30. The molecule has 0 atom stereocenters. The first kappa shape index (κ1) is 24.7. The molecule has 11 heteroatoms. The van der Waals surface area contributed by atoms with E-state index in [0.29, 0.717) is 18.2 Å². The summed E-state index contributed by atoms with van der Waals surface area (Å²) in [6.45, 7) is 5.53. The molecule has 0 radical (unpaired) electrons. The Kier molecular flexibility index (Phi) is 9.16. The molecule has 1 aliphatic heterocycles. The van der Waals surface area contributed by atoms with Crippen molar-refractivity contribution in [2.75, 3.05) is 25.0 Å². The zero-order valence-electron chi connectivity index (χ0n) is 16.5. The van der Waals surface area contributed by atoms with Crippen molar-refractivity contribution in [3.05, 3.63) is 40.3 Å². The minimum Gasteiger partial charge on any atom is -0.406 e. The van der Waals surface area contributed by atoms with Crippen LogP contribution < -0.4 is 15.8 Å². The van der Waals surface area contributed by atoms with E-state index in [1.165, 1.54) is 24.3 Å². The summed E-state index contributed by atoms with van der Waals surface area (Å²) in [5.41, 5.74) is 7.58. The second-order valence-corrected chi connectivity index (χ2v) is 8.06. The van der Waals surface area contributed by atoms with Crippen LogP contribution in [0.4, 0.5) is 18.9 Å². The molecule has 0 amide bonds. The van der Waals surface area contributed by atoms with Gasteiger partial charge in [0.2, 0.25) is 0 Å². The molecule has 0 spiro atoms. The van der Waals surface area contributed by atoms with Gasteiger partial charge in [0.15, 0.2) is 5.96 Å². The van der Waals surface area contributed by atoms with Gasteiger partial charge in [0.1, 0.15) is 5.75 Å². The lowest BCUT2D eigenvalue weighted by Gasteiger charge is -2.30. The second-order valence-electron chi connectivity index (χ2n) is 7.00. The van der Waals surface area contributed by atoms with E-state index in [4.69, 9.17) is 5.73 Å². The molecule has 30 heavy (non-hydrogen) atoms. The number of thiazole rings is 1. The van der Waals surface area contributed by atoms with Crippen LogP contribution in [0.15, 0.2) is 34.6 Å². The normalized spacial score (nSPS) is 16.2. The fourth-order valence-corrected chi connectivity index (χ4v) is 3.80. The van der Waals surface area contributed by atoms with Gasteiger partial charge in [0.25, 0.3) is 0 Å². The van der Waals surface area contributed by atoms with Crippen LogP contribution in [0.3, 0.4) is 0 Å². The molecule has 2 aromatic rings. The van der Waals surface area contributed by atoms with Gasteiger partial charge in [-0.1, -0.05) is 0 Å². The number of ether oxygens (including phenoxy) is 1. The monoisotopic (exact) mass is 555 g/mol. The fourth-order valence-electron chi connectivity index (χ4n) is 3.19. The van der Waals surface area contributed by atoms with Crippen LogP contribution in [0.1, 0.15) is 23.5 Å². The van der Waals surface area contributed by atoms with Crippen LogP contribution in [0.25, 0.3) is 0 Å². The van der Waals surface area contributed by atoms with Gasteiger partial charge in [0.05, 0.1) is 10.7 Å². The summed E-state index contributed by atoms with van der Waals surface area (Å²) in [7, 11) is 0. The topological polar surface area (TPSA) is 75.8 Å². The first-order chi connectivity index (χ1) is 13.8. The third-order valence-electron chi connectivity index (χ3n) is 4.64. The lowest BCUT2D eigenvalue weighted by molar-refractivity contribution is -0.274. The number of guanidine groups is 1. The first-order valence-electron chi connectivity index (χ1n) is 9.33. The number of piperidine rings is 1. The molecule has 0 aliphatic carbocycles. The van der Waals surface area contributed by atoms with E-state index in [-0.39, 0.29) is 35.7 Å². The number of hydrogen-bond donors (Lipinski definition) is 2. The summed E-state index contributed by atoms with van der Waals surface area (Å²) in [6, 6.07) is 5.37. The predicted octanol–water partition coefficient (Wildman–Crippen LogP) is 4.61. The van der Waals surface area contributed by atoms with E-state index in [0.717, 1.165) is 43.2 Å². The summed E-state index contributed by atoms with van der Waals surface area (Å²) in [4.78, 5) is 11.3. The highest BCUT2D eigenvalue weighted by atomic mass is 127. The first-order valence-corrected chi connectivity index (χ1v) is 10.2. The molecule has 0 unspecified atom stereocenters. The maximum Gasteiger partial charge on any atom is 0.573 e. The number of halogens is 4. The molecule has 0 saturated carbocycles. The van der Waals surface area contributed by atoms with E-state index in [9.17, 15) is 13.2 Å². The molecule has 166 valence electrons. The molecule has 3 N–H and O–H groups in total. The summed E-state index contributed by atoms with van der Waals surface area (Å²) in [6.07, 6.45) is -2.61. The molecule has 2 heterocycles. The molecule has 1 aromatic carbocycles. The Labute approximate surface area is 194 Å². The summed E-state index contributed by atoms with van der Waals surface area (Å²) in [5.74, 6) is 0.430. The van der Waals surface area contributed by atoms with E-state index in [2.05, 4.69) is 30.3 Å². The second kappa shape index (κ2) is 11.1. The van der Waals surface area contributed by atoms with Gasteiger partial charge >= 0.3 is 6.36 Å². The van der Waals surface area contributed by atoms with Crippen LogP contribution in [0.2, 0.25) is 0 Å². The van der Waals surface area contributed by atoms with Gasteiger partial charge in [-0.2, -0.15) is 0 Å². The van der Waals surface area contributed by atoms with Crippen LogP contribution in [0, 0.1) is 12.8 Å². The zero-order valence-corrected chi connectivity index (χ0v) is 19.6. The highest BCUT2D eigenvalue weighted by molar-refractivity contribution is 14.0. The van der Waals surface area contributed by atoms with Gasteiger partial charge < -0.3 is 15.8 Å². The maximum absolute atomic E-state index is 12.2. The highest BCUT2D eigenvalue weighted by Crippen LogP contribution is 2.24. The summed E-state index contributed by atoms with van der Waals surface area (Å²) < 4.78 is 40.4. The molecular weight excluding hydrogens is 530 g/mol. The van der Waals surface area contributed by atoms with E-state index in [1.807, 2.05) is 6.92 Å². The molecule has 1 aliphatic rings. The number of benzene rings is 1. The molecule has 1 aromatic heterocycles. The van der Waals surface area contributed by atoms with Crippen molar-refractivity contribution in [1.82, 2.24) is 9.88 Å². The molecule has 0 bridgehead atoms. The number of rotatable bonds is 6. The Bertz CT molecular complexity index is 820. The van der Waals surface area contributed by atoms with Crippen LogP contribution >= 0.6 is 35.3 Å². The number of anilines is 1. The van der Waals surface area contributed by atoms with Crippen molar-refractivity contribution in [2.45, 2.75) is 32.7 Å². The van der Waals surface area contributed by atoms with Gasteiger partial charge in [-0.3, -0.25) is 9.89 Å². The third-order valence-corrected chi connectivity index (χ3v) is 5.46. The number of likely N-dealkylation sites (tertiary alicyclic amines) is 1. The number of alkyl halides is 3. The van der Waals surface area contributed by atoms with Crippen molar-refractivity contribution < 1.29 is 17.9 Å². The lowest BCUT2D eigenvalue weighted by Crippen LogP contribution is -2.34.